The van der Waals surface area contributed by atoms with Crippen molar-refractivity contribution in [3.05, 3.63) is 29.0 Å². The van der Waals surface area contributed by atoms with E-state index in [-0.39, 0.29) is 12.8 Å². The first-order valence-corrected chi connectivity index (χ1v) is 6.63. The van der Waals surface area contributed by atoms with Gasteiger partial charge in [0.15, 0.2) is 0 Å². The molecule has 1 aromatic rings. The Balaban J connectivity index is 2.09. The van der Waals surface area contributed by atoms with Crippen LogP contribution in [-0.4, -0.2) is 17.1 Å². The van der Waals surface area contributed by atoms with Crippen LogP contribution in [0.1, 0.15) is 37.9 Å². The summed E-state index contributed by atoms with van der Waals surface area (Å²) in [7, 11) is 0. The summed E-state index contributed by atoms with van der Waals surface area (Å²) in [6.45, 7) is 1.59. The van der Waals surface area contributed by atoms with Crippen LogP contribution in [0.4, 0.5) is 13.2 Å². The molecule has 0 spiro atoms. The largest absolute Gasteiger partial charge is 0.403 e. The molecule has 2 rings (SSSR count). The highest BCUT2D eigenvalue weighted by Gasteiger charge is 2.63. The third kappa shape index (κ3) is 2.61. The number of rotatable bonds is 3. The molecule has 3 nitrogen and oxygen atoms in total. The van der Waals surface area contributed by atoms with Gasteiger partial charge in [-0.1, -0.05) is 18.0 Å². The minimum atomic E-state index is -4.51. The van der Waals surface area contributed by atoms with E-state index in [0.29, 0.717) is 17.1 Å². The lowest BCUT2D eigenvalue weighted by Crippen LogP contribution is -2.55. The molecule has 110 valence electrons. The number of carbonyl (C=O) groups excluding carboxylic acids is 1. The number of hydrogen-bond donors (Lipinski definition) is 1. The summed E-state index contributed by atoms with van der Waals surface area (Å²) in [5, 5.41) is 2.83. The minimum absolute atomic E-state index is 0.150. The number of halogens is 4. The zero-order valence-electron chi connectivity index (χ0n) is 10.8. The second kappa shape index (κ2) is 5.24. The van der Waals surface area contributed by atoms with Crippen LogP contribution in [0.5, 0.6) is 0 Å². The van der Waals surface area contributed by atoms with Gasteiger partial charge in [-0.2, -0.15) is 13.2 Å². The molecular formula is C13H14ClF3N2O. The molecule has 20 heavy (non-hydrogen) atoms. The molecule has 1 saturated carbocycles. The molecule has 1 aromatic heterocycles. The first-order chi connectivity index (χ1) is 9.26. The smallest absolute Gasteiger partial charge is 0.347 e. The standard InChI is InChI=1S/C13H14ClF3N2O/c1-8(10-4-3-9(14)7-18-10)19-11(20)12(5-2-6-12)13(15,16)17/h3-4,7-8H,2,5-6H2,1H3,(H,19,20)/t8-/m0/s1. The number of pyridine rings is 1. The van der Waals surface area contributed by atoms with E-state index in [1.807, 2.05) is 0 Å². The van der Waals surface area contributed by atoms with Gasteiger partial charge in [0, 0.05) is 6.20 Å². The van der Waals surface area contributed by atoms with Crippen LogP contribution >= 0.6 is 11.6 Å². The van der Waals surface area contributed by atoms with Crippen molar-refractivity contribution in [3.8, 4) is 0 Å². The van der Waals surface area contributed by atoms with Crippen LogP contribution in [0.2, 0.25) is 5.02 Å². The zero-order valence-corrected chi connectivity index (χ0v) is 11.6. The average Bonchev–Trinajstić information content (AvgIpc) is 2.25. The number of aromatic nitrogens is 1. The van der Waals surface area contributed by atoms with E-state index in [4.69, 9.17) is 11.6 Å². The van der Waals surface area contributed by atoms with Gasteiger partial charge in [-0.15, -0.1) is 0 Å². The number of amides is 1. The lowest BCUT2D eigenvalue weighted by atomic mass is 9.67. The normalized spacial score (nSPS) is 19.1. The van der Waals surface area contributed by atoms with Crippen molar-refractivity contribution in [2.75, 3.05) is 0 Å². The van der Waals surface area contributed by atoms with Gasteiger partial charge in [0.2, 0.25) is 5.91 Å². The number of nitrogens with one attached hydrogen (secondary N) is 1. The second-order valence-corrected chi connectivity index (χ2v) is 5.47. The molecule has 0 unspecified atom stereocenters. The van der Waals surface area contributed by atoms with Crippen LogP contribution in [0.15, 0.2) is 18.3 Å². The molecule has 0 bridgehead atoms. The summed E-state index contributed by atoms with van der Waals surface area (Å²) in [6, 6.07) is 2.56. The molecule has 1 N–H and O–H groups in total. The van der Waals surface area contributed by atoms with E-state index in [1.165, 1.54) is 6.20 Å². The van der Waals surface area contributed by atoms with E-state index in [2.05, 4.69) is 10.3 Å². The highest BCUT2D eigenvalue weighted by molar-refractivity contribution is 6.30. The van der Waals surface area contributed by atoms with Crippen LogP contribution in [-0.2, 0) is 4.79 Å². The van der Waals surface area contributed by atoms with Gasteiger partial charge in [-0.05, 0) is 31.9 Å². The van der Waals surface area contributed by atoms with Crippen molar-refractivity contribution in [2.24, 2.45) is 5.41 Å². The summed E-state index contributed by atoms with van der Waals surface area (Å²) < 4.78 is 39.1. The number of nitrogens with zero attached hydrogens (tertiary/aromatic N) is 1. The van der Waals surface area contributed by atoms with Gasteiger partial charge in [0.05, 0.1) is 16.8 Å². The highest BCUT2D eigenvalue weighted by Crippen LogP contribution is 2.53. The Kier molecular flexibility index (Phi) is 3.95. The SMILES string of the molecule is C[C@H](NC(=O)C1(C(F)(F)F)CCC1)c1ccc(Cl)cn1. The Bertz CT molecular complexity index is 497. The summed E-state index contributed by atoms with van der Waals surface area (Å²) in [5.41, 5.74) is -1.76. The summed E-state index contributed by atoms with van der Waals surface area (Å²) >= 11 is 5.69. The molecule has 7 heteroatoms. The summed E-state index contributed by atoms with van der Waals surface area (Å²) in [5.74, 6) is -0.972. The van der Waals surface area contributed by atoms with Crippen LogP contribution in [0.25, 0.3) is 0 Å². The molecule has 1 aliphatic rings. The number of hydrogen-bond acceptors (Lipinski definition) is 2. The van der Waals surface area contributed by atoms with Crippen molar-refractivity contribution >= 4 is 17.5 Å². The van der Waals surface area contributed by atoms with Gasteiger partial charge in [0.25, 0.3) is 0 Å². The van der Waals surface area contributed by atoms with Gasteiger partial charge in [0.1, 0.15) is 5.41 Å². The monoisotopic (exact) mass is 306 g/mol. The predicted molar refractivity (Wildman–Crippen MR) is 68.1 cm³/mol. The first kappa shape index (κ1) is 15.1. The minimum Gasteiger partial charge on any atom is -0.347 e. The average molecular weight is 307 g/mol. The molecule has 0 aromatic carbocycles. The molecule has 0 aliphatic heterocycles. The molecule has 1 atom stereocenters. The molecular weight excluding hydrogens is 293 g/mol. The first-order valence-electron chi connectivity index (χ1n) is 6.25. The Morgan fingerprint density at radius 2 is 2.10 bits per heavy atom. The molecule has 0 saturated heterocycles. The topological polar surface area (TPSA) is 42.0 Å². The lowest BCUT2D eigenvalue weighted by molar-refractivity contribution is -0.243. The molecule has 1 aliphatic carbocycles. The van der Waals surface area contributed by atoms with Gasteiger partial charge in [-0.3, -0.25) is 9.78 Å². The maximum Gasteiger partial charge on any atom is 0.403 e. The van der Waals surface area contributed by atoms with Crippen molar-refractivity contribution in [2.45, 2.75) is 38.4 Å². The number of alkyl halides is 3. The molecule has 1 heterocycles. The zero-order chi connectivity index (χ0) is 15.0. The van der Waals surface area contributed by atoms with E-state index < -0.39 is 23.5 Å². The van der Waals surface area contributed by atoms with Crippen molar-refractivity contribution in [1.82, 2.24) is 10.3 Å². The van der Waals surface area contributed by atoms with Gasteiger partial charge >= 0.3 is 6.18 Å². The molecule has 1 fully saturated rings. The maximum atomic E-state index is 13.0. The lowest BCUT2D eigenvalue weighted by Gasteiger charge is -2.41. The summed E-state index contributed by atoms with van der Waals surface area (Å²) in [6.07, 6.45) is -3.00. The van der Waals surface area contributed by atoms with Gasteiger partial charge < -0.3 is 5.32 Å². The van der Waals surface area contributed by atoms with E-state index in [9.17, 15) is 18.0 Å². The van der Waals surface area contributed by atoms with E-state index in [0.717, 1.165) is 0 Å². The third-order valence-corrected chi connectivity index (χ3v) is 3.95. The van der Waals surface area contributed by atoms with Crippen molar-refractivity contribution < 1.29 is 18.0 Å². The quantitative estimate of drug-likeness (QED) is 0.926. The Morgan fingerprint density at radius 3 is 2.50 bits per heavy atom. The van der Waals surface area contributed by atoms with Crippen LogP contribution < -0.4 is 5.32 Å². The second-order valence-electron chi connectivity index (χ2n) is 5.03. The van der Waals surface area contributed by atoms with Crippen LogP contribution in [0.3, 0.4) is 0 Å². The molecule has 1 amide bonds. The molecule has 0 radical (unpaired) electrons. The third-order valence-electron chi connectivity index (χ3n) is 3.73. The maximum absolute atomic E-state index is 13.0. The fourth-order valence-corrected chi connectivity index (χ4v) is 2.33. The Labute approximate surface area is 119 Å². The summed E-state index contributed by atoms with van der Waals surface area (Å²) in [4.78, 5) is 16.0. The van der Waals surface area contributed by atoms with Crippen LogP contribution in [0, 0.1) is 5.41 Å². The van der Waals surface area contributed by atoms with E-state index >= 15 is 0 Å². The van der Waals surface area contributed by atoms with Gasteiger partial charge in [-0.25, -0.2) is 0 Å². The number of carbonyl (C=O) groups is 1. The highest BCUT2D eigenvalue weighted by atomic mass is 35.5. The Morgan fingerprint density at radius 1 is 1.45 bits per heavy atom. The fourth-order valence-electron chi connectivity index (χ4n) is 2.22. The van der Waals surface area contributed by atoms with Crippen molar-refractivity contribution in [1.29, 1.82) is 0 Å². The Hall–Kier alpha value is -1.30. The predicted octanol–water partition coefficient (Wildman–Crippen LogP) is 3.64. The fraction of sp³-hybridized carbons (Fsp3) is 0.538. The van der Waals surface area contributed by atoms with E-state index in [1.54, 1.807) is 19.1 Å². The van der Waals surface area contributed by atoms with Crippen molar-refractivity contribution in [3.63, 3.8) is 0 Å².